The van der Waals surface area contributed by atoms with Crippen molar-refractivity contribution in [3.8, 4) is 0 Å². The Morgan fingerprint density at radius 3 is 0.931 bits per heavy atom. The SMILES string of the molecule is Cc1ccc(N=NC(=Cc2ccccc2N=Nc2ccc(C)cc2)c2ccc(C(=Cc3ccccc3N=Nc3ccc(C)cc3)N=Nc3ccc(C)cc3)cc2)cc1. The Bertz CT molecular complexity index is 2460. The molecule has 0 amide bonds. The summed E-state index contributed by atoms with van der Waals surface area (Å²) in [7, 11) is 0. The van der Waals surface area contributed by atoms with E-state index in [1.54, 1.807) is 0 Å². The molecule has 0 spiro atoms. The summed E-state index contributed by atoms with van der Waals surface area (Å²) >= 11 is 0. The van der Waals surface area contributed by atoms with Crippen LogP contribution in [0.5, 0.6) is 0 Å². The van der Waals surface area contributed by atoms with Crippen molar-refractivity contribution in [1.82, 2.24) is 0 Å². The van der Waals surface area contributed by atoms with E-state index in [4.69, 9.17) is 10.2 Å². The van der Waals surface area contributed by atoms with Crippen LogP contribution >= 0.6 is 0 Å². The number of hydrogen-bond donors (Lipinski definition) is 0. The molecular formula is C50H42N8. The lowest BCUT2D eigenvalue weighted by Crippen LogP contribution is -1.87. The highest BCUT2D eigenvalue weighted by molar-refractivity contribution is 5.87. The van der Waals surface area contributed by atoms with Crippen LogP contribution in [0.3, 0.4) is 0 Å². The Labute approximate surface area is 339 Å². The largest absolute Gasteiger partial charge is 0.151 e. The third-order valence-corrected chi connectivity index (χ3v) is 9.16. The second-order valence-corrected chi connectivity index (χ2v) is 13.9. The van der Waals surface area contributed by atoms with Crippen LogP contribution < -0.4 is 0 Å². The van der Waals surface area contributed by atoms with Gasteiger partial charge in [-0.3, -0.25) is 0 Å². The van der Waals surface area contributed by atoms with Crippen molar-refractivity contribution in [2.45, 2.75) is 27.7 Å². The molecule has 8 nitrogen and oxygen atoms in total. The van der Waals surface area contributed by atoms with Gasteiger partial charge in [-0.15, -0.1) is 20.5 Å². The van der Waals surface area contributed by atoms with Gasteiger partial charge in [-0.1, -0.05) is 131 Å². The first-order chi connectivity index (χ1) is 28.3. The number of rotatable bonds is 12. The standard InChI is InChI=1S/C50H42N8/c1-35-13-25-43(26-14-35)51-55-47-11-7-5-9-41(47)33-49(57-53-45-29-17-37(3)18-30-45)39-21-23-40(24-22-39)50(58-54-46-31-19-38(4)20-32-46)34-42-10-6-8-12-48(42)56-52-44-27-15-36(2)16-28-44/h5-34H,1-4H3. The quantitative estimate of drug-likeness (QED) is 0.0876. The van der Waals surface area contributed by atoms with Gasteiger partial charge in [0.1, 0.15) is 0 Å². The van der Waals surface area contributed by atoms with E-state index in [2.05, 4.69) is 30.7 Å². The fourth-order valence-electron chi connectivity index (χ4n) is 5.74. The molecule has 58 heavy (non-hydrogen) atoms. The molecule has 0 fully saturated rings. The van der Waals surface area contributed by atoms with E-state index in [1.807, 2.05) is 210 Å². The third kappa shape index (κ3) is 10.8. The van der Waals surface area contributed by atoms with E-state index in [-0.39, 0.29) is 0 Å². The molecule has 0 aromatic heterocycles. The van der Waals surface area contributed by atoms with E-state index in [0.29, 0.717) is 22.8 Å². The van der Waals surface area contributed by atoms with Gasteiger partial charge in [0, 0.05) is 22.3 Å². The number of benzene rings is 7. The summed E-state index contributed by atoms with van der Waals surface area (Å²) in [6.07, 6.45) is 3.97. The van der Waals surface area contributed by atoms with Crippen molar-refractivity contribution in [1.29, 1.82) is 0 Å². The van der Waals surface area contributed by atoms with Crippen LogP contribution in [0.25, 0.3) is 23.5 Å². The Hall–Kier alpha value is -7.58. The molecule has 0 aliphatic rings. The van der Waals surface area contributed by atoms with Gasteiger partial charge in [0.15, 0.2) is 0 Å². The second-order valence-electron chi connectivity index (χ2n) is 13.9. The second kappa shape index (κ2) is 18.8. The zero-order valence-electron chi connectivity index (χ0n) is 32.9. The Balaban J connectivity index is 1.27. The van der Waals surface area contributed by atoms with Gasteiger partial charge in [0.2, 0.25) is 0 Å². The minimum absolute atomic E-state index is 0.652. The predicted octanol–water partition coefficient (Wildman–Crippen LogP) is 16.3. The zero-order chi connectivity index (χ0) is 40.1. The molecule has 0 N–H and O–H groups in total. The average Bonchev–Trinajstić information content (AvgIpc) is 3.25. The summed E-state index contributed by atoms with van der Waals surface area (Å²) in [5, 5.41) is 37.1. The molecule has 0 aliphatic heterocycles. The molecule has 0 heterocycles. The van der Waals surface area contributed by atoms with Gasteiger partial charge < -0.3 is 0 Å². The van der Waals surface area contributed by atoms with E-state index in [0.717, 1.165) is 56.1 Å². The molecule has 7 aromatic rings. The monoisotopic (exact) mass is 754 g/mol. The smallest absolute Gasteiger partial charge is 0.0936 e. The number of azo groups is 4. The van der Waals surface area contributed by atoms with Crippen molar-refractivity contribution < 1.29 is 0 Å². The molecule has 8 heteroatoms. The minimum Gasteiger partial charge on any atom is -0.151 e. The van der Waals surface area contributed by atoms with E-state index in [1.165, 1.54) is 11.1 Å². The summed E-state index contributed by atoms with van der Waals surface area (Å²) in [5.74, 6) is 0. The molecule has 0 radical (unpaired) electrons. The van der Waals surface area contributed by atoms with Crippen molar-refractivity contribution in [2.24, 2.45) is 40.9 Å². The Morgan fingerprint density at radius 1 is 0.310 bits per heavy atom. The molecule has 7 rings (SSSR count). The lowest BCUT2D eigenvalue weighted by molar-refractivity contribution is 1.22. The molecule has 0 bridgehead atoms. The van der Waals surface area contributed by atoms with Crippen LogP contribution in [-0.4, -0.2) is 0 Å². The van der Waals surface area contributed by atoms with Crippen LogP contribution in [0.1, 0.15) is 44.5 Å². The van der Waals surface area contributed by atoms with E-state index >= 15 is 0 Å². The normalized spacial score (nSPS) is 12.4. The molecule has 7 aromatic carbocycles. The van der Waals surface area contributed by atoms with Gasteiger partial charge in [-0.2, -0.15) is 20.5 Å². The summed E-state index contributed by atoms with van der Waals surface area (Å²) in [6.45, 7) is 8.20. The maximum absolute atomic E-state index is 4.78. The minimum atomic E-state index is 0.652. The van der Waals surface area contributed by atoms with Gasteiger partial charge >= 0.3 is 0 Å². The molecule has 282 valence electrons. The van der Waals surface area contributed by atoms with Crippen molar-refractivity contribution in [3.63, 3.8) is 0 Å². The van der Waals surface area contributed by atoms with Crippen molar-refractivity contribution >= 4 is 57.7 Å². The van der Waals surface area contributed by atoms with Crippen LogP contribution in [0, 0.1) is 27.7 Å². The summed E-state index contributed by atoms with van der Waals surface area (Å²) in [4.78, 5) is 0. The fraction of sp³-hybridized carbons (Fsp3) is 0.0800. The first-order valence-corrected chi connectivity index (χ1v) is 19.0. The number of hydrogen-bond acceptors (Lipinski definition) is 8. The summed E-state index contributed by atoms with van der Waals surface area (Å²) in [6, 6.07) is 55.6. The zero-order valence-corrected chi connectivity index (χ0v) is 32.9. The first-order valence-electron chi connectivity index (χ1n) is 19.0. The highest BCUT2D eigenvalue weighted by Crippen LogP contribution is 2.32. The van der Waals surface area contributed by atoms with Gasteiger partial charge in [-0.25, -0.2) is 0 Å². The lowest BCUT2D eigenvalue weighted by Gasteiger charge is -2.08. The van der Waals surface area contributed by atoms with Crippen molar-refractivity contribution in [2.75, 3.05) is 0 Å². The van der Waals surface area contributed by atoms with E-state index < -0.39 is 0 Å². The molecule has 0 saturated carbocycles. The molecule has 0 atom stereocenters. The number of nitrogens with zero attached hydrogens (tertiary/aromatic N) is 8. The van der Waals surface area contributed by atoms with Crippen molar-refractivity contribution in [3.05, 3.63) is 214 Å². The highest BCUT2D eigenvalue weighted by Gasteiger charge is 2.10. The summed E-state index contributed by atoms with van der Waals surface area (Å²) < 4.78 is 0. The van der Waals surface area contributed by atoms with Crippen LogP contribution in [0.15, 0.2) is 211 Å². The molecule has 0 unspecified atom stereocenters. The van der Waals surface area contributed by atoms with Gasteiger partial charge in [0.05, 0.1) is 45.5 Å². The fourth-order valence-corrected chi connectivity index (χ4v) is 5.74. The van der Waals surface area contributed by atoms with Crippen LogP contribution in [0.2, 0.25) is 0 Å². The van der Waals surface area contributed by atoms with Gasteiger partial charge in [0.25, 0.3) is 0 Å². The molecular weight excluding hydrogens is 713 g/mol. The maximum Gasteiger partial charge on any atom is 0.0936 e. The maximum atomic E-state index is 4.78. The Kier molecular flexibility index (Phi) is 12.6. The van der Waals surface area contributed by atoms with Gasteiger partial charge in [-0.05, 0) is 101 Å². The predicted molar refractivity (Wildman–Crippen MR) is 237 cm³/mol. The highest BCUT2D eigenvalue weighted by atomic mass is 15.1. The Morgan fingerprint density at radius 2 is 0.603 bits per heavy atom. The lowest BCUT2D eigenvalue weighted by atomic mass is 10.0. The van der Waals surface area contributed by atoms with E-state index in [9.17, 15) is 0 Å². The number of aryl methyl sites for hydroxylation is 4. The van der Waals surface area contributed by atoms with Crippen LogP contribution in [0.4, 0.5) is 34.1 Å². The summed E-state index contributed by atoms with van der Waals surface area (Å²) in [5.41, 5.74) is 13.8. The first kappa shape index (κ1) is 38.7. The third-order valence-electron chi connectivity index (χ3n) is 9.16. The molecule has 0 aliphatic carbocycles. The molecule has 0 saturated heterocycles. The average molecular weight is 755 g/mol. The van der Waals surface area contributed by atoms with Crippen LogP contribution in [-0.2, 0) is 0 Å². The topological polar surface area (TPSA) is 98.9 Å².